The van der Waals surface area contributed by atoms with Gasteiger partial charge in [0.2, 0.25) is 5.91 Å². The Balaban J connectivity index is 1.43. The topological polar surface area (TPSA) is 52.8 Å². The third-order valence-corrected chi connectivity index (χ3v) is 6.05. The van der Waals surface area contributed by atoms with Crippen LogP contribution in [0.1, 0.15) is 32.3 Å². The van der Waals surface area contributed by atoms with Gasteiger partial charge in [-0.15, -0.1) is 0 Å². The van der Waals surface area contributed by atoms with Gasteiger partial charge in [-0.05, 0) is 36.5 Å². The molecule has 0 spiro atoms. The van der Waals surface area contributed by atoms with Gasteiger partial charge >= 0.3 is 0 Å². The molecule has 5 nitrogen and oxygen atoms in total. The second-order valence-electron chi connectivity index (χ2n) is 8.62. The molecule has 0 aliphatic carbocycles. The van der Waals surface area contributed by atoms with Gasteiger partial charge in [-0.25, -0.2) is 0 Å². The molecule has 0 bridgehead atoms. The lowest BCUT2D eigenvalue weighted by Gasteiger charge is -2.43. The van der Waals surface area contributed by atoms with Crippen molar-refractivity contribution in [2.75, 3.05) is 50.7 Å². The predicted octanol–water partition coefficient (Wildman–Crippen LogP) is 2.09. The summed E-state index contributed by atoms with van der Waals surface area (Å²) in [5, 5.41) is 0. The molecule has 1 amide bonds. The Labute approximate surface area is 158 Å². The fraction of sp³-hybridized carbons (Fsp3) is 0.667. The van der Waals surface area contributed by atoms with Crippen LogP contribution in [0.5, 0.6) is 0 Å². The third-order valence-electron chi connectivity index (χ3n) is 6.05. The summed E-state index contributed by atoms with van der Waals surface area (Å²) < 4.78 is 0. The van der Waals surface area contributed by atoms with Crippen molar-refractivity contribution >= 4 is 11.6 Å². The molecule has 2 aliphatic heterocycles. The van der Waals surface area contributed by atoms with Gasteiger partial charge in [-0.2, -0.15) is 0 Å². The summed E-state index contributed by atoms with van der Waals surface area (Å²) in [5.74, 6) is 0.283. The Morgan fingerprint density at radius 1 is 1.19 bits per heavy atom. The molecule has 2 aliphatic rings. The van der Waals surface area contributed by atoms with Crippen molar-refractivity contribution in [1.29, 1.82) is 0 Å². The molecule has 0 radical (unpaired) electrons. The molecule has 3 rings (SSSR count). The van der Waals surface area contributed by atoms with E-state index in [0.29, 0.717) is 6.42 Å². The molecule has 5 heteroatoms. The van der Waals surface area contributed by atoms with Gasteiger partial charge in [0.1, 0.15) is 0 Å². The minimum atomic E-state index is 0.0212. The lowest BCUT2D eigenvalue weighted by atomic mass is 9.79. The quantitative estimate of drug-likeness (QED) is 0.895. The SMILES string of the molecule is Cc1cccc(N2CCN(CCC(=O)N3CCC(N)C(C)(C)C3)CC2)c1. The molecule has 144 valence electrons. The highest BCUT2D eigenvalue weighted by Crippen LogP contribution is 2.28. The highest BCUT2D eigenvalue weighted by molar-refractivity contribution is 5.76. The van der Waals surface area contributed by atoms with Crippen LogP contribution in [0.15, 0.2) is 24.3 Å². The Bertz CT molecular complexity index is 622. The van der Waals surface area contributed by atoms with Crippen LogP contribution in [-0.2, 0) is 4.79 Å². The summed E-state index contributed by atoms with van der Waals surface area (Å²) in [4.78, 5) is 19.5. The van der Waals surface area contributed by atoms with E-state index in [0.717, 1.165) is 52.2 Å². The molecule has 26 heavy (non-hydrogen) atoms. The Morgan fingerprint density at radius 2 is 1.92 bits per heavy atom. The molecular formula is C21H34N4O. The molecule has 1 unspecified atom stereocenters. The number of nitrogens with zero attached hydrogens (tertiary/aromatic N) is 3. The lowest BCUT2D eigenvalue weighted by Crippen LogP contribution is -2.54. The third kappa shape index (κ3) is 4.57. The number of carbonyl (C=O) groups excluding carboxylic acids is 1. The first-order chi connectivity index (χ1) is 12.3. The van der Waals surface area contributed by atoms with E-state index in [1.54, 1.807) is 0 Å². The van der Waals surface area contributed by atoms with Crippen molar-refractivity contribution in [3.63, 3.8) is 0 Å². The van der Waals surface area contributed by atoms with Crippen LogP contribution < -0.4 is 10.6 Å². The molecule has 1 atom stereocenters. The number of piperidine rings is 1. The average Bonchev–Trinajstić information content (AvgIpc) is 2.62. The molecule has 2 N–H and O–H groups in total. The van der Waals surface area contributed by atoms with Crippen LogP contribution in [-0.4, -0.2) is 67.6 Å². The summed E-state index contributed by atoms with van der Waals surface area (Å²) in [6.07, 6.45) is 1.53. The molecule has 2 saturated heterocycles. The van der Waals surface area contributed by atoms with Crippen LogP contribution >= 0.6 is 0 Å². The number of nitrogens with two attached hydrogens (primary N) is 1. The average molecular weight is 359 g/mol. The first-order valence-corrected chi connectivity index (χ1v) is 9.92. The molecule has 1 aromatic rings. The van der Waals surface area contributed by atoms with Gasteiger partial charge in [-0.1, -0.05) is 26.0 Å². The monoisotopic (exact) mass is 358 g/mol. The van der Waals surface area contributed by atoms with Gasteiger partial charge in [0.25, 0.3) is 0 Å². The van der Waals surface area contributed by atoms with Crippen LogP contribution in [0.4, 0.5) is 5.69 Å². The number of carbonyl (C=O) groups is 1. The largest absolute Gasteiger partial charge is 0.369 e. The normalized spacial score (nSPS) is 23.9. The van der Waals surface area contributed by atoms with Crippen molar-refractivity contribution in [3.8, 4) is 0 Å². The Kier molecular flexibility index (Phi) is 5.88. The van der Waals surface area contributed by atoms with Crippen molar-refractivity contribution in [2.45, 2.75) is 39.7 Å². The van der Waals surface area contributed by atoms with E-state index in [-0.39, 0.29) is 17.4 Å². The van der Waals surface area contributed by atoms with Gasteiger partial charge in [0.15, 0.2) is 0 Å². The van der Waals surface area contributed by atoms with E-state index in [4.69, 9.17) is 5.73 Å². The molecule has 0 aromatic heterocycles. The number of amides is 1. The van der Waals surface area contributed by atoms with Gasteiger partial charge in [0.05, 0.1) is 0 Å². The minimum absolute atomic E-state index is 0.0212. The Hall–Kier alpha value is -1.59. The molecule has 2 heterocycles. The standard InChI is InChI=1S/C21H34N4O/c1-17-5-4-6-18(15-17)24-13-11-23(12-14-24)9-8-20(26)25-10-7-19(22)21(2,3)16-25/h4-6,15,19H,7-14,16,22H2,1-3H3. The highest BCUT2D eigenvalue weighted by atomic mass is 16.2. The van der Waals surface area contributed by atoms with Gasteiger partial charge in [-0.3, -0.25) is 9.69 Å². The van der Waals surface area contributed by atoms with Crippen molar-refractivity contribution in [2.24, 2.45) is 11.1 Å². The number of aryl methyl sites for hydroxylation is 1. The second kappa shape index (κ2) is 7.97. The van der Waals surface area contributed by atoms with Gasteiger partial charge in [0, 0.05) is 64.0 Å². The molecule has 1 aromatic carbocycles. The highest BCUT2D eigenvalue weighted by Gasteiger charge is 2.35. The summed E-state index contributed by atoms with van der Waals surface area (Å²) in [7, 11) is 0. The van der Waals surface area contributed by atoms with E-state index in [9.17, 15) is 4.79 Å². The van der Waals surface area contributed by atoms with Gasteiger partial charge < -0.3 is 15.5 Å². The second-order valence-corrected chi connectivity index (χ2v) is 8.62. The smallest absolute Gasteiger partial charge is 0.223 e. The number of hydrogen-bond donors (Lipinski definition) is 1. The van der Waals surface area contributed by atoms with E-state index in [2.05, 4.69) is 54.8 Å². The van der Waals surface area contributed by atoms with Crippen molar-refractivity contribution in [3.05, 3.63) is 29.8 Å². The minimum Gasteiger partial charge on any atom is -0.369 e. The van der Waals surface area contributed by atoms with E-state index >= 15 is 0 Å². The summed E-state index contributed by atoms with van der Waals surface area (Å²) in [6, 6.07) is 8.90. The summed E-state index contributed by atoms with van der Waals surface area (Å²) >= 11 is 0. The molecule has 0 saturated carbocycles. The van der Waals surface area contributed by atoms with Crippen LogP contribution in [0.25, 0.3) is 0 Å². The van der Waals surface area contributed by atoms with E-state index in [1.807, 2.05) is 4.90 Å². The maximum atomic E-state index is 12.6. The predicted molar refractivity (Wildman–Crippen MR) is 107 cm³/mol. The van der Waals surface area contributed by atoms with Crippen LogP contribution in [0, 0.1) is 12.3 Å². The zero-order valence-corrected chi connectivity index (χ0v) is 16.6. The van der Waals surface area contributed by atoms with Crippen LogP contribution in [0.3, 0.4) is 0 Å². The number of piperazine rings is 1. The summed E-state index contributed by atoms with van der Waals surface area (Å²) in [5.41, 5.74) is 8.82. The first-order valence-electron chi connectivity index (χ1n) is 9.92. The molecular weight excluding hydrogens is 324 g/mol. The van der Waals surface area contributed by atoms with Crippen LogP contribution in [0.2, 0.25) is 0 Å². The number of likely N-dealkylation sites (tertiary alicyclic amines) is 1. The number of hydrogen-bond acceptors (Lipinski definition) is 4. The fourth-order valence-corrected chi connectivity index (χ4v) is 4.05. The van der Waals surface area contributed by atoms with Crippen molar-refractivity contribution < 1.29 is 4.79 Å². The first kappa shape index (κ1) is 19.2. The van der Waals surface area contributed by atoms with E-state index < -0.39 is 0 Å². The zero-order chi connectivity index (χ0) is 18.7. The fourth-order valence-electron chi connectivity index (χ4n) is 4.05. The number of benzene rings is 1. The molecule has 2 fully saturated rings. The number of rotatable bonds is 4. The number of anilines is 1. The maximum absolute atomic E-state index is 12.6. The lowest BCUT2D eigenvalue weighted by molar-refractivity contribution is -0.135. The maximum Gasteiger partial charge on any atom is 0.223 e. The van der Waals surface area contributed by atoms with Crippen molar-refractivity contribution in [1.82, 2.24) is 9.80 Å². The Morgan fingerprint density at radius 3 is 2.58 bits per heavy atom. The zero-order valence-electron chi connectivity index (χ0n) is 16.6. The summed E-state index contributed by atoms with van der Waals surface area (Å²) in [6.45, 7) is 13.0. The van der Waals surface area contributed by atoms with E-state index in [1.165, 1.54) is 11.3 Å².